The van der Waals surface area contributed by atoms with Crippen molar-refractivity contribution in [3.63, 3.8) is 0 Å². The van der Waals surface area contributed by atoms with E-state index in [1.165, 1.54) is 10.9 Å². The lowest BCUT2D eigenvalue weighted by molar-refractivity contribution is 0.240. The smallest absolute Gasteiger partial charge is 0.191 e. The summed E-state index contributed by atoms with van der Waals surface area (Å²) in [6.45, 7) is 7.75. The maximum Gasteiger partial charge on any atom is 0.191 e. The van der Waals surface area contributed by atoms with E-state index in [2.05, 4.69) is 25.5 Å². The van der Waals surface area contributed by atoms with Gasteiger partial charge in [0.1, 0.15) is 10.8 Å². The van der Waals surface area contributed by atoms with Gasteiger partial charge in [-0.2, -0.15) is 0 Å². The number of aromatic nitrogens is 1. The number of aryl methyl sites for hydroxylation is 1. The zero-order valence-corrected chi connectivity index (χ0v) is 20.7. The van der Waals surface area contributed by atoms with Crippen LogP contribution in [0.4, 0.5) is 4.39 Å². The molecule has 0 aliphatic carbocycles. The number of benzene rings is 1. The Kier molecular flexibility index (Phi) is 10.1. The molecule has 1 aromatic carbocycles. The number of likely N-dealkylation sites (tertiary alicyclic amines) is 1. The monoisotopic (exact) mass is 551 g/mol. The van der Waals surface area contributed by atoms with Gasteiger partial charge in [0.25, 0.3) is 0 Å². The molecule has 0 radical (unpaired) electrons. The first-order valence-electron chi connectivity index (χ1n) is 9.70. The first-order chi connectivity index (χ1) is 13.6. The van der Waals surface area contributed by atoms with Crippen molar-refractivity contribution in [1.82, 2.24) is 20.5 Å². The third-order valence-electron chi connectivity index (χ3n) is 4.76. The van der Waals surface area contributed by atoms with Gasteiger partial charge in [0.05, 0.1) is 12.6 Å². The molecule has 160 valence electrons. The molecular formula is C20H28ClFIN5S. The molecule has 2 heterocycles. The highest BCUT2D eigenvalue weighted by molar-refractivity contribution is 14.0. The van der Waals surface area contributed by atoms with E-state index < -0.39 is 0 Å². The molecule has 0 spiro atoms. The molecule has 29 heavy (non-hydrogen) atoms. The number of rotatable bonds is 7. The predicted octanol–water partition coefficient (Wildman–Crippen LogP) is 4.75. The molecule has 2 aromatic rings. The number of hydrogen-bond acceptors (Lipinski definition) is 4. The highest BCUT2D eigenvalue weighted by atomic mass is 127. The fourth-order valence-corrected chi connectivity index (χ4v) is 4.45. The molecule has 5 nitrogen and oxygen atoms in total. The summed E-state index contributed by atoms with van der Waals surface area (Å²) in [7, 11) is 0. The third kappa shape index (κ3) is 6.77. The van der Waals surface area contributed by atoms with Gasteiger partial charge in [0.15, 0.2) is 5.96 Å². The second kappa shape index (κ2) is 12.0. The predicted molar refractivity (Wildman–Crippen MR) is 130 cm³/mol. The van der Waals surface area contributed by atoms with E-state index in [4.69, 9.17) is 11.6 Å². The Balaban J connectivity index is 0.00000300. The van der Waals surface area contributed by atoms with E-state index >= 15 is 0 Å². The summed E-state index contributed by atoms with van der Waals surface area (Å²) in [5, 5.41) is 8.08. The van der Waals surface area contributed by atoms with Gasteiger partial charge in [-0.15, -0.1) is 35.3 Å². The van der Waals surface area contributed by atoms with E-state index in [0.717, 1.165) is 37.5 Å². The van der Waals surface area contributed by atoms with Gasteiger partial charge in [0.2, 0.25) is 0 Å². The average Bonchev–Trinajstić information content (AvgIpc) is 3.33. The number of hydrogen-bond donors (Lipinski definition) is 2. The molecule has 1 aliphatic heterocycles. The van der Waals surface area contributed by atoms with Crippen LogP contribution in [0.25, 0.3) is 0 Å². The number of thiazole rings is 1. The summed E-state index contributed by atoms with van der Waals surface area (Å²) in [4.78, 5) is 12.5. The molecule has 3 rings (SSSR count). The van der Waals surface area contributed by atoms with Crippen LogP contribution in [0, 0.1) is 12.7 Å². The van der Waals surface area contributed by atoms with Crippen LogP contribution in [0.3, 0.4) is 0 Å². The molecule has 1 aromatic heterocycles. The van der Waals surface area contributed by atoms with Crippen molar-refractivity contribution >= 4 is 52.9 Å². The van der Waals surface area contributed by atoms with Gasteiger partial charge in [-0.05, 0) is 51.9 Å². The first-order valence-corrected chi connectivity index (χ1v) is 10.9. The molecular weight excluding hydrogens is 524 g/mol. The van der Waals surface area contributed by atoms with Gasteiger partial charge in [-0.3, -0.25) is 4.90 Å². The van der Waals surface area contributed by atoms with Crippen molar-refractivity contribution in [3.8, 4) is 0 Å². The SMILES string of the molecule is CCNC(=NCc1ncc(C)s1)NCC(c1c(F)cccc1Cl)N1CCCC1.I. The van der Waals surface area contributed by atoms with Gasteiger partial charge < -0.3 is 10.6 Å². The highest BCUT2D eigenvalue weighted by Crippen LogP contribution is 2.31. The Hall–Kier alpha value is -0.970. The van der Waals surface area contributed by atoms with Crippen LogP contribution in [0.15, 0.2) is 29.4 Å². The lowest BCUT2D eigenvalue weighted by Gasteiger charge is -2.29. The van der Waals surface area contributed by atoms with Crippen molar-refractivity contribution < 1.29 is 4.39 Å². The molecule has 1 unspecified atom stereocenters. The Morgan fingerprint density at radius 2 is 2.10 bits per heavy atom. The number of halogens is 3. The molecule has 1 aliphatic rings. The molecule has 0 saturated carbocycles. The standard InChI is InChI=1S/C20H27ClFN5S.HI/c1-3-23-20(26-13-18-24-11-14(2)28-18)25-12-17(27-9-4-5-10-27)19-15(21)7-6-8-16(19)22;/h6-8,11,17H,3-5,9-10,12-13H2,1-2H3,(H2,23,25,26);1H. The van der Waals surface area contributed by atoms with Crippen LogP contribution < -0.4 is 10.6 Å². The fourth-order valence-electron chi connectivity index (χ4n) is 3.45. The lowest BCUT2D eigenvalue weighted by atomic mass is 10.0. The Bertz CT molecular complexity index is 790. The second-order valence-corrected chi connectivity index (χ2v) is 8.56. The summed E-state index contributed by atoms with van der Waals surface area (Å²) in [6.07, 6.45) is 4.11. The average molecular weight is 552 g/mol. The minimum Gasteiger partial charge on any atom is -0.357 e. The van der Waals surface area contributed by atoms with Crippen molar-refractivity contribution in [1.29, 1.82) is 0 Å². The summed E-state index contributed by atoms with van der Waals surface area (Å²) in [5.41, 5.74) is 0.560. The van der Waals surface area contributed by atoms with E-state index in [1.807, 2.05) is 20.0 Å². The molecule has 1 saturated heterocycles. The normalized spacial score (nSPS) is 15.8. The van der Waals surface area contributed by atoms with Gasteiger partial charge in [-0.25, -0.2) is 14.4 Å². The van der Waals surface area contributed by atoms with Crippen molar-refractivity contribution in [2.45, 2.75) is 39.3 Å². The zero-order valence-electron chi connectivity index (χ0n) is 16.8. The molecule has 9 heteroatoms. The maximum absolute atomic E-state index is 14.6. The first kappa shape index (κ1) is 24.3. The van der Waals surface area contributed by atoms with E-state index in [0.29, 0.717) is 29.6 Å². The molecule has 2 N–H and O–H groups in total. The van der Waals surface area contributed by atoms with Crippen LogP contribution >= 0.6 is 46.9 Å². The molecule has 0 bridgehead atoms. The van der Waals surface area contributed by atoms with E-state index in [-0.39, 0.29) is 35.8 Å². The Morgan fingerprint density at radius 3 is 2.72 bits per heavy atom. The fraction of sp³-hybridized carbons (Fsp3) is 0.500. The number of nitrogens with zero attached hydrogens (tertiary/aromatic N) is 3. The van der Waals surface area contributed by atoms with E-state index in [1.54, 1.807) is 23.5 Å². The Labute approximate surface area is 198 Å². The molecule has 1 atom stereocenters. The minimum absolute atomic E-state index is 0. The molecule has 0 amide bonds. The van der Waals surface area contributed by atoms with Crippen LogP contribution in [0.2, 0.25) is 5.02 Å². The highest BCUT2D eigenvalue weighted by Gasteiger charge is 2.27. The minimum atomic E-state index is -0.258. The van der Waals surface area contributed by atoms with Gasteiger partial charge >= 0.3 is 0 Å². The van der Waals surface area contributed by atoms with Crippen LogP contribution in [0.5, 0.6) is 0 Å². The quantitative estimate of drug-likeness (QED) is 0.296. The number of guanidine groups is 1. The third-order valence-corrected chi connectivity index (χ3v) is 5.99. The molecule has 1 fully saturated rings. The van der Waals surface area contributed by atoms with Crippen molar-refractivity contribution in [2.24, 2.45) is 4.99 Å². The van der Waals surface area contributed by atoms with Gasteiger partial charge in [0, 0.05) is 34.7 Å². The topological polar surface area (TPSA) is 52.6 Å². The van der Waals surface area contributed by atoms with Crippen LogP contribution in [0.1, 0.15) is 41.3 Å². The second-order valence-electron chi connectivity index (χ2n) is 6.83. The van der Waals surface area contributed by atoms with Crippen molar-refractivity contribution in [2.75, 3.05) is 26.2 Å². The maximum atomic E-state index is 14.6. The number of nitrogens with one attached hydrogen (secondary N) is 2. The largest absolute Gasteiger partial charge is 0.357 e. The summed E-state index contributed by atoms with van der Waals surface area (Å²) in [6, 6.07) is 4.75. The van der Waals surface area contributed by atoms with E-state index in [9.17, 15) is 4.39 Å². The zero-order chi connectivity index (χ0) is 19.9. The number of aliphatic imine (C=N–C) groups is 1. The Morgan fingerprint density at radius 1 is 1.34 bits per heavy atom. The lowest BCUT2D eigenvalue weighted by Crippen LogP contribution is -2.43. The summed E-state index contributed by atoms with van der Waals surface area (Å²) in [5.74, 6) is 0.443. The van der Waals surface area contributed by atoms with Crippen LogP contribution in [-0.2, 0) is 6.54 Å². The van der Waals surface area contributed by atoms with Crippen molar-refractivity contribution in [3.05, 3.63) is 50.7 Å². The van der Waals surface area contributed by atoms with Gasteiger partial charge in [-0.1, -0.05) is 17.7 Å². The van der Waals surface area contributed by atoms with Crippen LogP contribution in [-0.4, -0.2) is 42.0 Å². The summed E-state index contributed by atoms with van der Waals surface area (Å²) < 4.78 is 14.6. The summed E-state index contributed by atoms with van der Waals surface area (Å²) >= 11 is 8.02.